The van der Waals surface area contributed by atoms with Crippen LogP contribution in [0, 0.1) is 0 Å². The van der Waals surface area contributed by atoms with E-state index in [4.69, 9.17) is 4.74 Å². The van der Waals surface area contributed by atoms with Crippen molar-refractivity contribution in [2.24, 2.45) is 10.2 Å². The maximum absolute atomic E-state index is 5.25. The van der Waals surface area contributed by atoms with Gasteiger partial charge in [-0.25, -0.2) is 0 Å². The summed E-state index contributed by atoms with van der Waals surface area (Å²) in [7, 11) is 1.67. The highest BCUT2D eigenvalue weighted by Crippen LogP contribution is 2.29. The first kappa shape index (κ1) is 17.4. The van der Waals surface area contributed by atoms with Crippen LogP contribution in [0.15, 0.2) is 93.6 Å². The van der Waals surface area contributed by atoms with Gasteiger partial charge in [-0.1, -0.05) is 54.6 Å². The van der Waals surface area contributed by atoms with E-state index in [0.29, 0.717) is 0 Å². The molecule has 0 bridgehead atoms. The van der Waals surface area contributed by atoms with Crippen molar-refractivity contribution >= 4 is 21.6 Å². The summed E-state index contributed by atoms with van der Waals surface area (Å²) >= 11 is 3.52. The molecule has 0 aromatic heterocycles. The van der Waals surface area contributed by atoms with Gasteiger partial charge in [0.2, 0.25) is 0 Å². The second-order valence-corrected chi connectivity index (χ2v) is 6.50. The van der Waals surface area contributed by atoms with Gasteiger partial charge in [-0.05, 0) is 51.3 Å². The second kappa shape index (κ2) is 8.58. The summed E-state index contributed by atoms with van der Waals surface area (Å²) in [5.41, 5.74) is 3.17. The van der Waals surface area contributed by atoms with Crippen LogP contribution in [0.1, 0.15) is 17.2 Å². The van der Waals surface area contributed by atoms with Crippen LogP contribution in [0.25, 0.3) is 0 Å². The van der Waals surface area contributed by atoms with Crippen molar-refractivity contribution in [3.05, 3.63) is 94.5 Å². The van der Waals surface area contributed by atoms with E-state index in [9.17, 15) is 0 Å². The highest BCUT2D eigenvalue weighted by molar-refractivity contribution is 9.10. The van der Waals surface area contributed by atoms with Crippen molar-refractivity contribution in [2.45, 2.75) is 12.5 Å². The topological polar surface area (TPSA) is 34.0 Å². The zero-order valence-electron chi connectivity index (χ0n) is 14.0. The molecule has 0 heterocycles. The molecule has 0 amide bonds. The van der Waals surface area contributed by atoms with Gasteiger partial charge in [0.15, 0.2) is 0 Å². The number of methoxy groups -OCH3 is 1. The van der Waals surface area contributed by atoms with E-state index in [1.807, 2.05) is 66.7 Å². The summed E-state index contributed by atoms with van der Waals surface area (Å²) in [6, 6.07) is 26.1. The average molecular weight is 395 g/mol. The monoisotopic (exact) mass is 394 g/mol. The van der Waals surface area contributed by atoms with Gasteiger partial charge in [0.05, 0.1) is 12.8 Å². The van der Waals surface area contributed by atoms with Crippen molar-refractivity contribution in [1.29, 1.82) is 0 Å². The van der Waals surface area contributed by atoms with E-state index in [-0.39, 0.29) is 6.04 Å². The first-order valence-electron chi connectivity index (χ1n) is 8.09. The zero-order chi connectivity index (χ0) is 17.5. The van der Waals surface area contributed by atoms with Crippen LogP contribution in [0.4, 0.5) is 5.69 Å². The lowest BCUT2D eigenvalue weighted by atomic mass is 9.99. The number of halogens is 1. The molecular formula is C21H19BrN2O. The van der Waals surface area contributed by atoms with Gasteiger partial charge in [0, 0.05) is 10.9 Å². The predicted molar refractivity (Wildman–Crippen MR) is 105 cm³/mol. The molecule has 4 heteroatoms. The van der Waals surface area contributed by atoms with E-state index >= 15 is 0 Å². The molecule has 3 nitrogen and oxygen atoms in total. The number of rotatable bonds is 6. The Kier molecular flexibility index (Phi) is 5.96. The molecule has 0 saturated carbocycles. The van der Waals surface area contributed by atoms with Crippen LogP contribution in [-0.4, -0.2) is 7.11 Å². The number of benzene rings is 3. The van der Waals surface area contributed by atoms with E-state index in [2.05, 4.69) is 38.3 Å². The third-order valence-corrected chi connectivity index (χ3v) is 4.60. The zero-order valence-corrected chi connectivity index (χ0v) is 15.6. The van der Waals surface area contributed by atoms with Gasteiger partial charge in [-0.2, -0.15) is 10.2 Å². The van der Waals surface area contributed by atoms with Gasteiger partial charge in [-0.15, -0.1) is 0 Å². The fourth-order valence-corrected chi connectivity index (χ4v) is 2.92. The SMILES string of the molecule is COc1ccc(C(Cc2ccccc2)N=Nc2ccccc2Br)cc1. The maximum Gasteiger partial charge on any atom is 0.118 e. The largest absolute Gasteiger partial charge is 0.497 e. The molecule has 3 aromatic carbocycles. The van der Waals surface area contributed by atoms with Crippen LogP contribution in [-0.2, 0) is 6.42 Å². The molecule has 0 aliphatic carbocycles. The van der Waals surface area contributed by atoms with Crippen LogP contribution in [0.2, 0.25) is 0 Å². The molecule has 0 N–H and O–H groups in total. The van der Waals surface area contributed by atoms with E-state index in [1.54, 1.807) is 7.11 Å². The Morgan fingerprint density at radius 1 is 0.880 bits per heavy atom. The number of hydrogen-bond donors (Lipinski definition) is 0. The fourth-order valence-electron chi connectivity index (χ4n) is 2.55. The lowest BCUT2D eigenvalue weighted by Crippen LogP contribution is -2.00. The average Bonchev–Trinajstić information content (AvgIpc) is 2.67. The predicted octanol–water partition coefficient (Wildman–Crippen LogP) is 6.53. The lowest BCUT2D eigenvalue weighted by molar-refractivity contribution is 0.414. The minimum Gasteiger partial charge on any atom is -0.497 e. The summed E-state index contributed by atoms with van der Waals surface area (Å²) < 4.78 is 6.19. The van der Waals surface area contributed by atoms with Crippen LogP contribution >= 0.6 is 15.9 Å². The Hall–Kier alpha value is -2.46. The summed E-state index contributed by atoms with van der Waals surface area (Å²) in [4.78, 5) is 0. The van der Waals surface area contributed by atoms with E-state index in [1.165, 1.54) is 5.56 Å². The normalized spacial score (nSPS) is 12.2. The number of hydrogen-bond acceptors (Lipinski definition) is 3. The quantitative estimate of drug-likeness (QED) is 0.437. The molecule has 0 saturated heterocycles. The molecule has 1 atom stereocenters. The van der Waals surface area contributed by atoms with Gasteiger partial charge >= 0.3 is 0 Å². The standard InChI is InChI=1S/C21H19BrN2O/c1-25-18-13-11-17(12-14-18)21(15-16-7-3-2-4-8-16)24-23-20-10-6-5-9-19(20)22/h2-14,21H,15H2,1H3. The first-order valence-corrected chi connectivity index (χ1v) is 8.89. The molecule has 0 aliphatic heterocycles. The lowest BCUT2D eigenvalue weighted by Gasteiger charge is -2.13. The van der Waals surface area contributed by atoms with E-state index < -0.39 is 0 Å². The molecule has 1 unspecified atom stereocenters. The maximum atomic E-state index is 5.25. The Morgan fingerprint density at radius 3 is 2.24 bits per heavy atom. The fraction of sp³-hybridized carbons (Fsp3) is 0.143. The summed E-state index contributed by atoms with van der Waals surface area (Å²) in [6.07, 6.45) is 0.793. The van der Waals surface area contributed by atoms with Gasteiger partial charge < -0.3 is 4.74 Å². The first-order chi connectivity index (χ1) is 12.3. The van der Waals surface area contributed by atoms with Crippen LogP contribution in [0.3, 0.4) is 0 Å². The third-order valence-electron chi connectivity index (χ3n) is 3.93. The van der Waals surface area contributed by atoms with Gasteiger partial charge in [-0.3, -0.25) is 0 Å². The smallest absolute Gasteiger partial charge is 0.118 e. The summed E-state index contributed by atoms with van der Waals surface area (Å²) in [5.74, 6) is 0.838. The van der Waals surface area contributed by atoms with Crippen molar-refractivity contribution in [1.82, 2.24) is 0 Å². The Labute approximate surface area is 156 Å². The van der Waals surface area contributed by atoms with Crippen LogP contribution < -0.4 is 4.74 Å². The molecule has 3 aromatic rings. The number of ether oxygens (including phenoxy) is 1. The highest BCUT2D eigenvalue weighted by Gasteiger charge is 2.12. The van der Waals surface area contributed by atoms with Crippen molar-refractivity contribution in [3.63, 3.8) is 0 Å². The van der Waals surface area contributed by atoms with E-state index in [0.717, 1.165) is 27.9 Å². The minimum absolute atomic E-state index is 0.0552. The molecule has 25 heavy (non-hydrogen) atoms. The molecular weight excluding hydrogens is 376 g/mol. The second-order valence-electron chi connectivity index (χ2n) is 5.65. The number of azo groups is 1. The molecule has 3 rings (SSSR count). The van der Waals surface area contributed by atoms with Crippen molar-refractivity contribution < 1.29 is 4.74 Å². The van der Waals surface area contributed by atoms with Crippen molar-refractivity contribution in [3.8, 4) is 5.75 Å². The van der Waals surface area contributed by atoms with Gasteiger partial charge in [0.1, 0.15) is 11.8 Å². The highest BCUT2D eigenvalue weighted by atomic mass is 79.9. The van der Waals surface area contributed by atoms with Crippen molar-refractivity contribution in [2.75, 3.05) is 7.11 Å². The molecule has 0 aliphatic rings. The Morgan fingerprint density at radius 2 is 1.56 bits per heavy atom. The molecule has 126 valence electrons. The van der Waals surface area contributed by atoms with Crippen LogP contribution in [0.5, 0.6) is 5.75 Å². The minimum atomic E-state index is -0.0552. The summed E-state index contributed by atoms with van der Waals surface area (Å²) in [6.45, 7) is 0. The molecule has 0 radical (unpaired) electrons. The third kappa shape index (κ3) is 4.77. The Balaban J connectivity index is 1.89. The van der Waals surface area contributed by atoms with Gasteiger partial charge in [0.25, 0.3) is 0 Å². The summed E-state index contributed by atoms with van der Waals surface area (Å²) in [5, 5.41) is 9.10. The molecule has 0 spiro atoms. The Bertz CT molecular complexity index is 832. The molecule has 0 fully saturated rings. The number of nitrogens with zero attached hydrogens (tertiary/aromatic N) is 2.